The summed E-state index contributed by atoms with van der Waals surface area (Å²) in [6.45, 7) is 5.64. The molecule has 0 spiro atoms. The lowest BCUT2D eigenvalue weighted by atomic mass is 9.83. The van der Waals surface area contributed by atoms with E-state index in [1.54, 1.807) is 6.33 Å². The zero-order valence-corrected chi connectivity index (χ0v) is 12.5. The second-order valence-electron chi connectivity index (χ2n) is 6.65. The highest BCUT2D eigenvalue weighted by atomic mass is 15.0. The van der Waals surface area contributed by atoms with Gasteiger partial charge in [-0.1, -0.05) is 13.3 Å². The van der Waals surface area contributed by atoms with Crippen LogP contribution in [0, 0.1) is 5.41 Å². The summed E-state index contributed by atoms with van der Waals surface area (Å²) in [7, 11) is 0. The Morgan fingerprint density at radius 2 is 2.10 bits per heavy atom. The van der Waals surface area contributed by atoms with Crippen LogP contribution in [0.3, 0.4) is 0 Å². The van der Waals surface area contributed by atoms with Gasteiger partial charge in [0.25, 0.3) is 0 Å². The number of aromatic nitrogens is 2. The fourth-order valence-corrected chi connectivity index (χ4v) is 3.42. The molecule has 2 aliphatic rings. The van der Waals surface area contributed by atoms with E-state index in [-0.39, 0.29) is 0 Å². The predicted octanol–water partition coefficient (Wildman–Crippen LogP) is 2.55. The summed E-state index contributed by atoms with van der Waals surface area (Å²) in [6.07, 6.45) is 10.4. The molecular formula is C16H26N4. The average molecular weight is 274 g/mol. The highest BCUT2D eigenvalue weighted by Gasteiger charge is 2.27. The van der Waals surface area contributed by atoms with Gasteiger partial charge in [-0.05, 0) is 50.5 Å². The van der Waals surface area contributed by atoms with Crippen LogP contribution < -0.4 is 10.6 Å². The van der Waals surface area contributed by atoms with Crippen LogP contribution in [-0.2, 0) is 12.8 Å². The van der Waals surface area contributed by atoms with Gasteiger partial charge in [0.2, 0.25) is 0 Å². The molecule has 1 aliphatic carbocycles. The quantitative estimate of drug-likeness (QED) is 0.832. The van der Waals surface area contributed by atoms with E-state index in [4.69, 9.17) is 0 Å². The molecule has 0 saturated carbocycles. The van der Waals surface area contributed by atoms with Crippen molar-refractivity contribution in [2.45, 2.75) is 51.9 Å². The predicted molar refractivity (Wildman–Crippen MR) is 82.0 cm³/mol. The van der Waals surface area contributed by atoms with Gasteiger partial charge in [0.1, 0.15) is 12.1 Å². The number of aryl methyl sites for hydroxylation is 1. The summed E-state index contributed by atoms with van der Waals surface area (Å²) < 4.78 is 0. The van der Waals surface area contributed by atoms with E-state index < -0.39 is 0 Å². The first-order valence-electron chi connectivity index (χ1n) is 8.04. The number of anilines is 1. The maximum Gasteiger partial charge on any atom is 0.132 e. The van der Waals surface area contributed by atoms with Gasteiger partial charge in [-0.3, -0.25) is 0 Å². The van der Waals surface area contributed by atoms with Crippen LogP contribution in [0.1, 0.15) is 50.3 Å². The van der Waals surface area contributed by atoms with Gasteiger partial charge in [-0.25, -0.2) is 9.97 Å². The summed E-state index contributed by atoms with van der Waals surface area (Å²) in [6, 6.07) is 0. The molecule has 1 fully saturated rings. The molecule has 1 atom stereocenters. The van der Waals surface area contributed by atoms with Crippen LogP contribution in [0.15, 0.2) is 6.33 Å². The van der Waals surface area contributed by atoms with Crippen molar-refractivity contribution in [3.8, 4) is 0 Å². The molecule has 1 unspecified atom stereocenters. The van der Waals surface area contributed by atoms with Crippen molar-refractivity contribution < 1.29 is 0 Å². The molecule has 2 N–H and O–H groups in total. The van der Waals surface area contributed by atoms with E-state index in [9.17, 15) is 0 Å². The molecule has 0 radical (unpaired) electrons. The van der Waals surface area contributed by atoms with Crippen LogP contribution in [0.5, 0.6) is 0 Å². The summed E-state index contributed by atoms with van der Waals surface area (Å²) >= 11 is 0. The van der Waals surface area contributed by atoms with Gasteiger partial charge >= 0.3 is 0 Å². The van der Waals surface area contributed by atoms with Crippen LogP contribution in [0.4, 0.5) is 5.82 Å². The van der Waals surface area contributed by atoms with Crippen molar-refractivity contribution in [2.75, 3.05) is 25.0 Å². The number of hydrogen-bond acceptors (Lipinski definition) is 4. The summed E-state index contributed by atoms with van der Waals surface area (Å²) in [5.74, 6) is 1.09. The standard InChI is InChI=1S/C16H26N4/c1-16(8-5-9-17-10-16)11-18-15-13-6-3-2-4-7-14(13)19-12-20-15/h12,17H,2-11H2,1H3,(H,18,19,20). The second-order valence-corrected chi connectivity index (χ2v) is 6.65. The topological polar surface area (TPSA) is 49.8 Å². The van der Waals surface area contributed by atoms with Crippen LogP contribution in [0.25, 0.3) is 0 Å². The molecule has 20 heavy (non-hydrogen) atoms. The van der Waals surface area contributed by atoms with Gasteiger partial charge < -0.3 is 10.6 Å². The number of rotatable bonds is 3. The monoisotopic (exact) mass is 274 g/mol. The van der Waals surface area contributed by atoms with Crippen LogP contribution in [0.2, 0.25) is 0 Å². The number of nitrogens with zero attached hydrogens (tertiary/aromatic N) is 2. The molecule has 2 heterocycles. The van der Waals surface area contributed by atoms with E-state index in [1.807, 2.05) is 0 Å². The van der Waals surface area contributed by atoms with E-state index in [1.165, 1.54) is 49.9 Å². The normalized spacial score (nSPS) is 26.6. The molecule has 1 aromatic rings. The Morgan fingerprint density at radius 3 is 2.95 bits per heavy atom. The molecule has 1 aliphatic heterocycles. The number of nitrogens with one attached hydrogen (secondary N) is 2. The van der Waals surface area contributed by atoms with E-state index in [0.717, 1.165) is 31.7 Å². The molecule has 3 rings (SSSR count). The maximum absolute atomic E-state index is 4.51. The Kier molecular flexibility index (Phi) is 4.20. The third kappa shape index (κ3) is 3.11. The number of piperidine rings is 1. The molecule has 4 nitrogen and oxygen atoms in total. The number of fused-ring (bicyclic) bond motifs is 1. The van der Waals surface area contributed by atoms with Gasteiger partial charge in [0.15, 0.2) is 0 Å². The third-order valence-corrected chi connectivity index (χ3v) is 4.74. The summed E-state index contributed by atoms with van der Waals surface area (Å²) in [5, 5.41) is 7.13. The molecule has 4 heteroatoms. The van der Waals surface area contributed by atoms with E-state index in [0.29, 0.717) is 5.41 Å². The summed E-state index contributed by atoms with van der Waals surface area (Å²) in [5.41, 5.74) is 2.99. The minimum absolute atomic E-state index is 0.348. The molecular weight excluding hydrogens is 248 g/mol. The Balaban J connectivity index is 1.71. The molecule has 0 aromatic carbocycles. The zero-order valence-electron chi connectivity index (χ0n) is 12.5. The number of hydrogen-bond donors (Lipinski definition) is 2. The van der Waals surface area contributed by atoms with Crippen molar-refractivity contribution in [2.24, 2.45) is 5.41 Å². The lowest BCUT2D eigenvalue weighted by Gasteiger charge is -2.34. The van der Waals surface area contributed by atoms with Crippen molar-refractivity contribution in [3.63, 3.8) is 0 Å². The summed E-state index contributed by atoms with van der Waals surface area (Å²) in [4.78, 5) is 9.00. The van der Waals surface area contributed by atoms with Crippen molar-refractivity contribution >= 4 is 5.82 Å². The first-order chi connectivity index (χ1) is 9.77. The van der Waals surface area contributed by atoms with Gasteiger partial charge in [0, 0.05) is 24.3 Å². The Labute approximate surface area is 121 Å². The highest BCUT2D eigenvalue weighted by molar-refractivity contribution is 5.46. The molecule has 0 amide bonds. The van der Waals surface area contributed by atoms with Crippen molar-refractivity contribution in [1.82, 2.24) is 15.3 Å². The van der Waals surface area contributed by atoms with Crippen molar-refractivity contribution in [1.29, 1.82) is 0 Å². The minimum atomic E-state index is 0.348. The average Bonchev–Trinajstić information content (AvgIpc) is 2.71. The zero-order chi connectivity index (χ0) is 13.8. The lowest BCUT2D eigenvalue weighted by molar-refractivity contribution is 0.253. The second kappa shape index (κ2) is 6.08. The smallest absolute Gasteiger partial charge is 0.132 e. The SMILES string of the molecule is CC1(CNc2ncnc3c2CCCCC3)CCCNC1. The minimum Gasteiger partial charge on any atom is -0.369 e. The first kappa shape index (κ1) is 13.8. The fraction of sp³-hybridized carbons (Fsp3) is 0.750. The molecule has 0 bridgehead atoms. The fourth-order valence-electron chi connectivity index (χ4n) is 3.42. The molecule has 110 valence electrons. The molecule has 1 saturated heterocycles. The van der Waals surface area contributed by atoms with Crippen LogP contribution >= 0.6 is 0 Å². The highest BCUT2D eigenvalue weighted by Crippen LogP contribution is 2.28. The third-order valence-electron chi connectivity index (χ3n) is 4.74. The Hall–Kier alpha value is -1.16. The Bertz CT molecular complexity index is 452. The van der Waals surface area contributed by atoms with Gasteiger partial charge in [-0.15, -0.1) is 0 Å². The van der Waals surface area contributed by atoms with Crippen LogP contribution in [-0.4, -0.2) is 29.6 Å². The van der Waals surface area contributed by atoms with E-state index >= 15 is 0 Å². The largest absolute Gasteiger partial charge is 0.369 e. The maximum atomic E-state index is 4.51. The van der Waals surface area contributed by atoms with E-state index in [2.05, 4.69) is 27.5 Å². The lowest BCUT2D eigenvalue weighted by Crippen LogP contribution is -2.42. The molecule has 1 aromatic heterocycles. The first-order valence-corrected chi connectivity index (χ1v) is 8.04. The Morgan fingerprint density at radius 1 is 1.20 bits per heavy atom. The van der Waals surface area contributed by atoms with Gasteiger partial charge in [-0.2, -0.15) is 0 Å². The van der Waals surface area contributed by atoms with Crippen molar-refractivity contribution in [3.05, 3.63) is 17.6 Å². The van der Waals surface area contributed by atoms with Gasteiger partial charge in [0.05, 0.1) is 0 Å².